The monoisotopic (exact) mass is 547 g/mol. The smallest absolute Gasteiger partial charge is 0.174 e. The van der Waals surface area contributed by atoms with Crippen molar-refractivity contribution >= 4 is 23.0 Å². The highest BCUT2D eigenvalue weighted by Crippen LogP contribution is 2.44. The minimum absolute atomic E-state index is 0.118. The Morgan fingerprint density at radius 1 is 0.825 bits per heavy atom. The average Bonchev–Trinajstić information content (AvgIpc) is 3.49. The Labute approximate surface area is 239 Å². The zero-order valence-corrected chi connectivity index (χ0v) is 23.3. The van der Waals surface area contributed by atoms with Crippen molar-refractivity contribution in [2.24, 2.45) is 0 Å². The topological polar surface area (TPSA) is 64.4 Å². The molecule has 2 aromatic carbocycles. The summed E-state index contributed by atoms with van der Waals surface area (Å²) in [5, 5.41) is 4.21. The van der Waals surface area contributed by atoms with E-state index >= 15 is 0 Å². The van der Waals surface area contributed by atoms with E-state index in [0.717, 1.165) is 45.7 Å². The van der Waals surface area contributed by atoms with Crippen LogP contribution < -0.4 is 19.7 Å². The Morgan fingerprint density at radius 2 is 1.55 bits per heavy atom. The summed E-state index contributed by atoms with van der Waals surface area (Å²) in [4.78, 5) is 11.2. The summed E-state index contributed by atoms with van der Waals surface area (Å²) in [7, 11) is 1.65. The number of aryl methyl sites for hydroxylation is 1. The first kappa shape index (κ1) is 25.6. The van der Waals surface area contributed by atoms with Crippen molar-refractivity contribution in [3.63, 3.8) is 0 Å². The molecule has 0 radical (unpaired) electrons. The van der Waals surface area contributed by atoms with Gasteiger partial charge in [0, 0.05) is 29.5 Å². The van der Waals surface area contributed by atoms with Gasteiger partial charge in [0.25, 0.3) is 0 Å². The van der Waals surface area contributed by atoms with E-state index in [0.29, 0.717) is 5.11 Å². The number of aromatic nitrogens is 3. The number of ether oxygens (including phenoxy) is 2. The lowest BCUT2D eigenvalue weighted by Gasteiger charge is -2.28. The number of rotatable bonds is 7. The lowest BCUT2D eigenvalue weighted by molar-refractivity contribution is 0.413. The summed E-state index contributed by atoms with van der Waals surface area (Å²) in [5.74, 6) is 2.26. The normalized spacial score (nSPS) is 16.6. The Bertz CT molecular complexity index is 1620. The molecular weight excluding hydrogens is 518 g/mol. The van der Waals surface area contributed by atoms with Gasteiger partial charge in [-0.3, -0.25) is 9.97 Å². The fourth-order valence-corrected chi connectivity index (χ4v) is 5.72. The molecule has 0 saturated carbocycles. The van der Waals surface area contributed by atoms with Crippen LogP contribution in [0, 0.1) is 13.8 Å². The Hall–Kier alpha value is -4.69. The van der Waals surface area contributed by atoms with Gasteiger partial charge in [-0.1, -0.05) is 6.07 Å². The number of thiocarbonyl (C=S) groups is 1. The molecule has 0 amide bonds. The van der Waals surface area contributed by atoms with Crippen LogP contribution in [0.1, 0.15) is 34.7 Å². The van der Waals surface area contributed by atoms with Gasteiger partial charge in [-0.15, -0.1) is 0 Å². The van der Waals surface area contributed by atoms with E-state index in [1.165, 1.54) is 5.56 Å². The molecule has 0 bridgehead atoms. The number of hydrogen-bond acceptors (Lipinski definition) is 5. The maximum absolute atomic E-state index is 6.07. The van der Waals surface area contributed by atoms with E-state index in [9.17, 15) is 0 Å². The van der Waals surface area contributed by atoms with Crippen molar-refractivity contribution in [2.45, 2.75) is 25.9 Å². The molecule has 6 rings (SSSR count). The van der Waals surface area contributed by atoms with E-state index in [1.54, 1.807) is 13.3 Å². The molecule has 3 aromatic heterocycles. The molecule has 2 atom stereocenters. The number of anilines is 1. The minimum atomic E-state index is -0.133. The summed E-state index contributed by atoms with van der Waals surface area (Å²) < 4.78 is 13.6. The van der Waals surface area contributed by atoms with Gasteiger partial charge < -0.3 is 24.3 Å². The van der Waals surface area contributed by atoms with Crippen LogP contribution in [-0.2, 0) is 0 Å². The second-order valence-electron chi connectivity index (χ2n) is 9.64. The van der Waals surface area contributed by atoms with Gasteiger partial charge in [0.15, 0.2) is 5.11 Å². The van der Waals surface area contributed by atoms with Crippen molar-refractivity contribution in [3.05, 3.63) is 126 Å². The first-order valence-electron chi connectivity index (χ1n) is 13.1. The number of benzene rings is 2. The summed E-state index contributed by atoms with van der Waals surface area (Å²) in [5.41, 5.74) is 6.35. The predicted octanol–water partition coefficient (Wildman–Crippen LogP) is 6.86. The molecule has 7 nitrogen and oxygen atoms in total. The van der Waals surface area contributed by atoms with Crippen molar-refractivity contribution in [1.82, 2.24) is 19.9 Å². The first-order chi connectivity index (χ1) is 19.5. The van der Waals surface area contributed by atoms with E-state index < -0.39 is 0 Å². The van der Waals surface area contributed by atoms with Gasteiger partial charge in [0.1, 0.15) is 17.2 Å². The number of hydrogen-bond donors (Lipinski definition) is 1. The molecule has 4 heterocycles. The molecule has 5 aromatic rings. The molecule has 1 aliphatic rings. The van der Waals surface area contributed by atoms with Crippen LogP contribution in [0.25, 0.3) is 5.69 Å². The Morgan fingerprint density at radius 3 is 2.20 bits per heavy atom. The molecule has 0 unspecified atom stereocenters. The van der Waals surface area contributed by atoms with Crippen LogP contribution in [0.4, 0.5) is 5.69 Å². The van der Waals surface area contributed by atoms with Gasteiger partial charge in [-0.2, -0.15) is 0 Å². The SMILES string of the molecule is COc1ccc(Oc2ccc(N3C(=S)N[C@@H](c4ccccn4)[C@H]3c3cc(C)n(-c4cccnc4)c3C)cc2)cc1. The van der Waals surface area contributed by atoms with Crippen molar-refractivity contribution in [3.8, 4) is 22.9 Å². The quantitative estimate of drug-likeness (QED) is 0.223. The highest BCUT2D eigenvalue weighted by atomic mass is 32.1. The fraction of sp³-hybridized carbons (Fsp3) is 0.156. The molecule has 40 heavy (non-hydrogen) atoms. The summed E-state index contributed by atoms with van der Waals surface area (Å²) in [6.07, 6.45) is 5.50. The molecule has 1 aliphatic heterocycles. The molecule has 0 spiro atoms. The third-order valence-corrected chi connectivity index (χ3v) is 7.52. The van der Waals surface area contributed by atoms with E-state index in [-0.39, 0.29) is 12.1 Å². The molecular formula is C32H29N5O2S. The van der Waals surface area contributed by atoms with Crippen LogP contribution in [-0.4, -0.2) is 26.8 Å². The van der Waals surface area contributed by atoms with Crippen molar-refractivity contribution in [1.29, 1.82) is 0 Å². The maximum atomic E-state index is 6.07. The average molecular weight is 548 g/mol. The highest BCUT2D eigenvalue weighted by molar-refractivity contribution is 7.80. The first-order valence-corrected chi connectivity index (χ1v) is 13.5. The summed E-state index contributed by atoms with van der Waals surface area (Å²) in [6, 6.07) is 27.5. The number of nitrogens with zero attached hydrogens (tertiary/aromatic N) is 4. The third-order valence-electron chi connectivity index (χ3n) is 7.20. The Balaban J connectivity index is 1.38. The number of methoxy groups -OCH3 is 1. The van der Waals surface area contributed by atoms with E-state index in [2.05, 4.69) is 45.7 Å². The zero-order valence-electron chi connectivity index (χ0n) is 22.5. The fourth-order valence-electron chi connectivity index (χ4n) is 5.37. The van der Waals surface area contributed by atoms with Crippen LogP contribution in [0.5, 0.6) is 17.2 Å². The predicted molar refractivity (Wildman–Crippen MR) is 160 cm³/mol. The Kier molecular flexibility index (Phi) is 6.92. The van der Waals surface area contributed by atoms with E-state index in [1.807, 2.05) is 85.2 Å². The largest absolute Gasteiger partial charge is 0.497 e. The van der Waals surface area contributed by atoms with Crippen molar-refractivity contribution in [2.75, 3.05) is 12.0 Å². The highest BCUT2D eigenvalue weighted by Gasteiger charge is 2.42. The van der Waals surface area contributed by atoms with Gasteiger partial charge in [-0.25, -0.2) is 0 Å². The van der Waals surface area contributed by atoms with Gasteiger partial charge in [0.2, 0.25) is 0 Å². The van der Waals surface area contributed by atoms with E-state index in [4.69, 9.17) is 26.7 Å². The second-order valence-corrected chi connectivity index (χ2v) is 10.0. The van der Waals surface area contributed by atoms with Crippen molar-refractivity contribution < 1.29 is 9.47 Å². The molecule has 200 valence electrons. The molecule has 1 saturated heterocycles. The van der Waals surface area contributed by atoms with Crippen LogP contribution in [0.3, 0.4) is 0 Å². The summed E-state index contributed by atoms with van der Waals surface area (Å²) in [6.45, 7) is 4.27. The maximum Gasteiger partial charge on any atom is 0.174 e. The van der Waals surface area contributed by atoms with Crippen LogP contribution in [0.15, 0.2) is 104 Å². The summed E-state index contributed by atoms with van der Waals surface area (Å²) >= 11 is 5.94. The lowest BCUT2D eigenvalue weighted by atomic mass is 9.96. The minimum Gasteiger partial charge on any atom is -0.497 e. The molecule has 1 fully saturated rings. The van der Waals surface area contributed by atoms with Crippen LogP contribution >= 0.6 is 12.2 Å². The molecule has 8 heteroatoms. The molecule has 0 aliphatic carbocycles. The second kappa shape index (κ2) is 10.8. The standard InChI is InChI=1S/C32H29N5O2S/c1-21-19-28(22(2)36(21)24-7-6-17-33-20-24)31-30(29-8-4-5-18-34-29)35-32(40)37(31)23-9-11-26(12-10-23)39-27-15-13-25(38-3)14-16-27/h4-20,30-31H,1-3H3,(H,35,40)/t30-,31+/m0/s1. The van der Waals surface area contributed by atoms with Crippen LogP contribution in [0.2, 0.25) is 0 Å². The third kappa shape index (κ3) is 4.78. The number of nitrogens with one attached hydrogen (secondary N) is 1. The number of pyridine rings is 2. The van der Waals surface area contributed by atoms with Gasteiger partial charge >= 0.3 is 0 Å². The lowest BCUT2D eigenvalue weighted by Crippen LogP contribution is -2.29. The zero-order chi connectivity index (χ0) is 27.6. The van der Waals surface area contributed by atoms with Gasteiger partial charge in [-0.05, 0) is 110 Å². The van der Waals surface area contributed by atoms with Gasteiger partial charge in [0.05, 0.1) is 36.8 Å². The molecule has 1 N–H and O–H groups in total.